The predicted molar refractivity (Wildman–Crippen MR) is 214 cm³/mol. The first-order valence-electron chi connectivity index (χ1n) is 17.7. The van der Waals surface area contributed by atoms with Gasteiger partial charge in [-0.2, -0.15) is 0 Å². The van der Waals surface area contributed by atoms with Crippen LogP contribution in [0.4, 0.5) is 17.1 Å². The van der Waals surface area contributed by atoms with Gasteiger partial charge in [-0.1, -0.05) is 147 Å². The summed E-state index contributed by atoms with van der Waals surface area (Å²) in [6.07, 6.45) is 0. The second-order valence-corrected chi connectivity index (χ2v) is 14.1. The van der Waals surface area contributed by atoms with Gasteiger partial charge >= 0.3 is 0 Å². The molecule has 0 fully saturated rings. The summed E-state index contributed by atoms with van der Waals surface area (Å²) in [7, 11) is 0. The zero-order valence-electron chi connectivity index (χ0n) is 28.6. The first-order valence-corrected chi connectivity index (χ1v) is 17.7. The Labute approximate surface area is 297 Å². The van der Waals surface area contributed by atoms with Crippen molar-refractivity contribution in [2.24, 2.45) is 0 Å². The monoisotopic (exact) mass is 653 g/mol. The number of benzene rings is 8. The fourth-order valence-electron chi connectivity index (χ4n) is 8.63. The average molecular weight is 654 g/mol. The van der Waals surface area contributed by atoms with E-state index in [4.69, 9.17) is 4.42 Å². The van der Waals surface area contributed by atoms with Crippen LogP contribution >= 0.6 is 0 Å². The van der Waals surface area contributed by atoms with Crippen LogP contribution < -0.4 is 4.90 Å². The molecule has 0 amide bonds. The standard InChI is InChI=1S/C49H35NO/c1-49(2)42-28-15-25-35(32-17-6-3-7-18-32)45(42)39-27-14-26-37(47(39)49)40-31-41-46-43(50(33-19-8-4-9-20-33)34-21-10-5-11-22-34)29-16-30-44(46)51-48(41)38-24-13-12-23-36(38)40/h3-31H,1-2H3. The molecule has 0 spiro atoms. The first kappa shape index (κ1) is 29.5. The van der Waals surface area contributed by atoms with Crippen LogP contribution in [-0.4, -0.2) is 0 Å². The molecule has 242 valence electrons. The van der Waals surface area contributed by atoms with Crippen molar-refractivity contribution in [1.29, 1.82) is 0 Å². The molecule has 1 aliphatic rings. The molecule has 0 radical (unpaired) electrons. The highest BCUT2D eigenvalue weighted by Gasteiger charge is 2.39. The summed E-state index contributed by atoms with van der Waals surface area (Å²) in [4.78, 5) is 2.34. The molecule has 1 heterocycles. The number of para-hydroxylation sites is 2. The molecule has 1 aliphatic carbocycles. The Morgan fingerprint density at radius 3 is 1.78 bits per heavy atom. The zero-order valence-corrected chi connectivity index (χ0v) is 28.6. The van der Waals surface area contributed by atoms with Crippen molar-refractivity contribution in [3.63, 3.8) is 0 Å². The van der Waals surface area contributed by atoms with Crippen molar-refractivity contribution in [2.75, 3.05) is 4.90 Å². The lowest BCUT2D eigenvalue weighted by atomic mass is 9.78. The summed E-state index contributed by atoms with van der Waals surface area (Å²) < 4.78 is 6.84. The van der Waals surface area contributed by atoms with Gasteiger partial charge in [0, 0.05) is 27.6 Å². The molecule has 0 unspecified atom stereocenters. The third-order valence-electron chi connectivity index (χ3n) is 10.8. The largest absolute Gasteiger partial charge is 0.455 e. The second-order valence-electron chi connectivity index (χ2n) is 14.1. The summed E-state index contributed by atoms with van der Waals surface area (Å²) in [5.74, 6) is 0. The van der Waals surface area contributed by atoms with E-state index in [1.54, 1.807) is 0 Å². The Kier molecular flexibility index (Phi) is 6.56. The van der Waals surface area contributed by atoms with Crippen molar-refractivity contribution in [1.82, 2.24) is 0 Å². The zero-order chi connectivity index (χ0) is 34.1. The molecule has 0 aliphatic heterocycles. The average Bonchev–Trinajstić information content (AvgIpc) is 3.69. The van der Waals surface area contributed by atoms with Crippen molar-refractivity contribution < 1.29 is 4.42 Å². The van der Waals surface area contributed by atoms with Crippen molar-refractivity contribution in [3.05, 3.63) is 187 Å². The minimum Gasteiger partial charge on any atom is -0.455 e. The van der Waals surface area contributed by atoms with Crippen molar-refractivity contribution >= 4 is 49.8 Å². The number of fused-ring (bicyclic) bond motifs is 8. The van der Waals surface area contributed by atoms with E-state index < -0.39 is 0 Å². The number of hydrogen-bond donors (Lipinski definition) is 0. The first-order chi connectivity index (χ1) is 25.1. The van der Waals surface area contributed by atoms with E-state index in [-0.39, 0.29) is 5.41 Å². The van der Waals surface area contributed by atoms with Crippen LogP contribution in [0.2, 0.25) is 0 Å². The van der Waals surface area contributed by atoms with Gasteiger partial charge in [-0.05, 0) is 92.4 Å². The van der Waals surface area contributed by atoms with Crippen LogP contribution in [0.1, 0.15) is 25.0 Å². The number of rotatable bonds is 5. The van der Waals surface area contributed by atoms with E-state index in [9.17, 15) is 0 Å². The maximum absolute atomic E-state index is 6.84. The molecule has 51 heavy (non-hydrogen) atoms. The Morgan fingerprint density at radius 2 is 1.06 bits per heavy atom. The lowest BCUT2D eigenvalue weighted by molar-refractivity contribution is 0.662. The highest BCUT2D eigenvalue weighted by atomic mass is 16.3. The van der Waals surface area contributed by atoms with E-state index in [2.05, 4.69) is 195 Å². The quantitative estimate of drug-likeness (QED) is 0.184. The maximum Gasteiger partial charge on any atom is 0.143 e. The normalized spacial score (nSPS) is 13.1. The lowest BCUT2D eigenvalue weighted by Crippen LogP contribution is -2.16. The van der Waals surface area contributed by atoms with E-state index in [1.807, 2.05) is 0 Å². The molecule has 0 N–H and O–H groups in total. The molecule has 1 aromatic heterocycles. The Balaban J connectivity index is 1.28. The molecule has 2 nitrogen and oxygen atoms in total. The molecule has 2 heteroatoms. The van der Waals surface area contributed by atoms with Crippen LogP contribution in [0.5, 0.6) is 0 Å². The topological polar surface area (TPSA) is 16.4 Å². The summed E-state index contributed by atoms with van der Waals surface area (Å²) in [6.45, 7) is 4.78. The van der Waals surface area contributed by atoms with Crippen LogP contribution in [0.3, 0.4) is 0 Å². The summed E-state index contributed by atoms with van der Waals surface area (Å²) in [5.41, 5.74) is 15.3. The Morgan fingerprint density at radius 1 is 0.471 bits per heavy atom. The fraction of sp³-hybridized carbons (Fsp3) is 0.0612. The van der Waals surface area contributed by atoms with Crippen LogP contribution in [0, 0.1) is 0 Å². The van der Waals surface area contributed by atoms with Gasteiger partial charge in [0.05, 0.1) is 11.1 Å². The van der Waals surface area contributed by atoms with Gasteiger partial charge in [-0.15, -0.1) is 0 Å². The highest BCUT2D eigenvalue weighted by molar-refractivity contribution is 6.23. The minimum atomic E-state index is -0.205. The number of furan rings is 1. The van der Waals surface area contributed by atoms with Crippen molar-refractivity contribution in [2.45, 2.75) is 19.3 Å². The summed E-state index contributed by atoms with van der Waals surface area (Å²) in [5, 5.41) is 4.53. The van der Waals surface area contributed by atoms with Gasteiger partial charge in [-0.3, -0.25) is 0 Å². The van der Waals surface area contributed by atoms with Gasteiger partial charge < -0.3 is 9.32 Å². The molecular weight excluding hydrogens is 619 g/mol. The second kappa shape index (κ2) is 11.3. The minimum absolute atomic E-state index is 0.205. The molecule has 9 aromatic rings. The molecule has 10 rings (SSSR count). The van der Waals surface area contributed by atoms with E-state index >= 15 is 0 Å². The predicted octanol–water partition coefficient (Wildman–Crippen LogP) is 13.8. The third kappa shape index (κ3) is 4.43. The summed E-state index contributed by atoms with van der Waals surface area (Å²) in [6, 6.07) is 63.3. The smallest absolute Gasteiger partial charge is 0.143 e. The lowest BCUT2D eigenvalue weighted by Gasteiger charge is -2.26. The molecular formula is C49H35NO. The van der Waals surface area contributed by atoms with E-state index in [1.165, 1.54) is 49.9 Å². The van der Waals surface area contributed by atoms with Gasteiger partial charge in [-0.25, -0.2) is 0 Å². The molecule has 0 atom stereocenters. The molecule has 8 aromatic carbocycles. The Hall–Kier alpha value is -6.38. The maximum atomic E-state index is 6.84. The molecule has 0 saturated heterocycles. The SMILES string of the molecule is CC1(C)c2cccc(-c3ccccc3)c2-c2cccc(-c3cc4c(oc5cccc(N(c6ccccc6)c6ccccc6)c54)c4ccccc34)c21. The van der Waals surface area contributed by atoms with Gasteiger partial charge in [0.1, 0.15) is 11.2 Å². The fourth-order valence-corrected chi connectivity index (χ4v) is 8.63. The van der Waals surface area contributed by atoms with Gasteiger partial charge in [0.15, 0.2) is 0 Å². The number of anilines is 3. The Bertz CT molecular complexity index is 2720. The summed E-state index contributed by atoms with van der Waals surface area (Å²) >= 11 is 0. The highest BCUT2D eigenvalue weighted by Crippen LogP contribution is 2.56. The van der Waals surface area contributed by atoms with Crippen molar-refractivity contribution in [3.8, 4) is 33.4 Å². The number of hydrogen-bond acceptors (Lipinski definition) is 2. The number of nitrogens with zero attached hydrogens (tertiary/aromatic N) is 1. The van der Waals surface area contributed by atoms with Crippen LogP contribution in [0.25, 0.3) is 66.1 Å². The van der Waals surface area contributed by atoms with Gasteiger partial charge in [0.2, 0.25) is 0 Å². The van der Waals surface area contributed by atoms with Crippen LogP contribution in [-0.2, 0) is 5.41 Å². The van der Waals surface area contributed by atoms with E-state index in [0.29, 0.717) is 0 Å². The molecule has 0 bridgehead atoms. The van der Waals surface area contributed by atoms with Crippen LogP contribution in [0.15, 0.2) is 180 Å². The molecule has 0 saturated carbocycles. The van der Waals surface area contributed by atoms with Gasteiger partial charge in [0.25, 0.3) is 0 Å². The third-order valence-corrected chi connectivity index (χ3v) is 10.8. The van der Waals surface area contributed by atoms with E-state index in [0.717, 1.165) is 44.4 Å².